The molecule has 0 aliphatic heterocycles. The van der Waals surface area contributed by atoms with Gasteiger partial charge in [0.25, 0.3) is 0 Å². The summed E-state index contributed by atoms with van der Waals surface area (Å²) in [5.74, 6) is 0.210. The van der Waals surface area contributed by atoms with E-state index < -0.39 is 0 Å². The molecule has 1 atom stereocenters. The Kier molecular flexibility index (Phi) is 14.6. The van der Waals surface area contributed by atoms with Gasteiger partial charge in [-0.1, -0.05) is 125 Å². The molecular weight excluding hydrogens is 775 g/mol. The fraction of sp³-hybridized carbons (Fsp3) is 0.0588. The van der Waals surface area contributed by atoms with E-state index >= 15 is 0 Å². The maximum atomic E-state index is 3.70. The summed E-state index contributed by atoms with van der Waals surface area (Å²) in [7, 11) is 0. The molecule has 264 valence electrons. The summed E-state index contributed by atoms with van der Waals surface area (Å²) in [6.07, 6.45) is 6.02. The SMILES string of the molecule is Cc1ccc2c(c1)[cH-]c1cc(C)ccc12.[C-]1=C(c2ccccc2)C(c2ccccc2)=CC1c1ccccc1.[Cl-].[Cl-].[Zr+2]=[C](c1ccccc1)c1ccccc1. The quantitative estimate of drug-likeness (QED) is 0.166. The molecule has 8 aromatic carbocycles. The first-order valence-electron chi connectivity index (χ1n) is 17.8. The number of allylic oxidation sites excluding steroid dienone is 4. The Bertz CT molecular complexity index is 2310. The standard InChI is InChI=1S/C23H17.C15H13.C13H10.2ClH.Zr/c1-4-10-18(11-5-1)21-16-22(19-12-6-2-7-13-19)23(17-21)20-14-8-3-9-15-20;1-10-3-5-14-12(7-10)9-13-8-11(2)4-6-15(13)14;1-3-7-12(8-4-1)11-13-9-5-2-6-10-13;;;/h1-16,21H;3-9H,1-2H3;1-10H;2*1H;/q2*-1;;;;+2/p-2. The second kappa shape index (κ2) is 19.5. The third-order valence-corrected chi connectivity index (χ3v) is 10.8. The normalized spacial score (nSPS) is 12.9. The molecule has 0 N–H and O–H groups in total. The van der Waals surface area contributed by atoms with Gasteiger partial charge >= 0.3 is 99.2 Å². The number of rotatable bonds is 5. The minimum atomic E-state index is 0. The Morgan fingerprint density at radius 1 is 0.500 bits per heavy atom. The number of hydrogen-bond donors (Lipinski definition) is 0. The molecule has 0 heterocycles. The molecule has 0 saturated heterocycles. The second-order valence-electron chi connectivity index (χ2n) is 13.2. The van der Waals surface area contributed by atoms with E-state index in [0.717, 1.165) is 0 Å². The Labute approximate surface area is 347 Å². The van der Waals surface area contributed by atoms with Gasteiger partial charge in [0.05, 0.1) is 0 Å². The summed E-state index contributed by atoms with van der Waals surface area (Å²) >= 11 is 1.46. The van der Waals surface area contributed by atoms with E-state index in [9.17, 15) is 0 Å². The van der Waals surface area contributed by atoms with Crippen LogP contribution in [0.1, 0.15) is 44.9 Å². The number of fused-ring (bicyclic) bond motifs is 3. The monoisotopic (exact) mass is 812 g/mol. The third kappa shape index (κ3) is 9.85. The van der Waals surface area contributed by atoms with Crippen molar-refractivity contribution < 1.29 is 49.0 Å². The third-order valence-electron chi connectivity index (χ3n) is 9.35. The number of benzene rings is 7. The minimum absolute atomic E-state index is 0. The van der Waals surface area contributed by atoms with Crippen LogP contribution in [0.25, 0.3) is 32.7 Å². The van der Waals surface area contributed by atoms with Crippen molar-refractivity contribution in [1.82, 2.24) is 0 Å². The van der Waals surface area contributed by atoms with Gasteiger partial charge < -0.3 is 24.8 Å². The molecule has 0 aromatic heterocycles. The van der Waals surface area contributed by atoms with Crippen molar-refractivity contribution in [2.24, 2.45) is 0 Å². The molecule has 1 aliphatic carbocycles. The van der Waals surface area contributed by atoms with E-state index in [1.807, 2.05) is 0 Å². The van der Waals surface area contributed by atoms with Crippen molar-refractivity contribution in [3.05, 3.63) is 245 Å². The fourth-order valence-corrected chi connectivity index (χ4v) is 7.52. The van der Waals surface area contributed by atoms with E-state index in [1.54, 1.807) is 0 Å². The first-order chi connectivity index (χ1) is 25.5. The van der Waals surface area contributed by atoms with Crippen LogP contribution in [0.2, 0.25) is 0 Å². The molecule has 0 nitrogen and oxygen atoms in total. The maximum absolute atomic E-state index is 3.70. The number of aryl methyl sites for hydroxylation is 2. The molecule has 54 heavy (non-hydrogen) atoms. The van der Waals surface area contributed by atoms with E-state index in [4.69, 9.17) is 0 Å². The number of halogens is 2. The van der Waals surface area contributed by atoms with Gasteiger partial charge in [-0.25, -0.2) is 0 Å². The zero-order chi connectivity index (χ0) is 35.7. The molecule has 1 aliphatic rings. The topological polar surface area (TPSA) is 0 Å². The molecule has 3 heteroatoms. The molecule has 1 unspecified atom stereocenters. The summed E-state index contributed by atoms with van der Waals surface area (Å²) in [5.41, 5.74) is 11.5. The van der Waals surface area contributed by atoms with Crippen molar-refractivity contribution in [3.63, 3.8) is 0 Å². The van der Waals surface area contributed by atoms with Gasteiger partial charge in [-0.15, -0.1) is 69.1 Å². The molecule has 0 fully saturated rings. The average Bonchev–Trinajstić information content (AvgIpc) is 3.81. The van der Waals surface area contributed by atoms with Gasteiger partial charge in [-0.3, -0.25) is 0 Å². The summed E-state index contributed by atoms with van der Waals surface area (Å²) in [5, 5.41) is 5.46. The van der Waals surface area contributed by atoms with Crippen molar-refractivity contribution in [2.45, 2.75) is 19.8 Å². The molecule has 0 bridgehead atoms. The van der Waals surface area contributed by atoms with Gasteiger partial charge in [0.15, 0.2) is 0 Å². The summed E-state index contributed by atoms with van der Waals surface area (Å²) in [6, 6.07) is 68.4. The molecule has 0 radical (unpaired) electrons. The zero-order valence-corrected chi connectivity index (χ0v) is 34.4. The average molecular weight is 815 g/mol. The summed E-state index contributed by atoms with van der Waals surface area (Å²) in [4.78, 5) is 0. The summed E-state index contributed by atoms with van der Waals surface area (Å²) < 4.78 is 1.42. The Morgan fingerprint density at radius 3 is 1.37 bits per heavy atom. The van der Waals surface area contributed by atoms with Crippen LogP contribution in [0.4, 0.5) is 0 Å². The Hall–Kier alpha value is -4.78. The Balaban J connectivity index is 0.000000159. The molecule has 9 rings (SSSR count). The van der Waals surface area contributed by atoms with Crippen molar-refractivity contribution in [3.8, 4) is 0 Å². The second-order valence-corrected chi connectivity index (χ2v) is 14.4. The fourth-order valence-electron chi connectivity index (χ4n) is 6.70. The van der Waals surface area contributed by atoms with Crippen molar-refractivity contribution in [1.29, 1.82) is 0 Å². The van der Waals surface area contributed by atoms with Gasteiger partial charge in [0.1, 0.15) is 0 Å². The van der Waals surface area contributed by atoms with Crippen LogP contribution in [-0.2, 0) is 24.2 Å². The first-order valence-corrected chi connectivity index (χ1v) is 19.0. The van der Waals surface area contributed by atoms with Crippen LogP contribution in [0.3, 0.4) is 0 Å². The van der Waals surface area contributed by atoms with Crippen LogP contribution in [0.5, 0.6) is 0 Å². The van der Waals surface area contributed by atoms with Crippen LogP contribution in [0.15, 0.2) is 200 Å². The van der Waals surface area contributed by atoms with E-state index in [0.29, 0.717) is 0 Å². The van der Waals surface area contributed by atoms with Gasteiger partial charge in [-0.2, -0.15) is 11.6 Å². The van der Waals surface area contributed by atoms with Gasteiger partial charge in [-0.05, 0) is 19.8 Å². The predicted octanol–water partition coefficient (Wildman–Crippen LogP) is 6.89. The molecule has 0 saturated carbocycles. The van der Waals surface area contributed by atoms with Gasteiger partial charge in [0, 0.05) is 0 Å². The molecule has 0 amide bonds. The molecule has 0 spiro atoms. The van der Waals surface area contributed by atoms with Crippen LogP contribution in [0, 0.1) is 19.9 Å². The summed E-state index contributed by atoms with van der Waals surface area (Å²) in [6.45, 7) is 4.28. The van der Waals surface area contributed by atoms with E-state index in [1.165, 1.54) is 99.1 Å². The van der Waals surface area contributed by atoms with Crippen molar-refractivity contribution in [2.75, 3.05) is 0 Å². The van der Waals surface area contributed by atoms with Crippen LogP contribution >= 0.6 is 0 Å². The predicted molar refractivity (Wildman–Crippen MR) is 219 cm³/mol. The van der Waals surface area contributed by atoms with Crippen molar-refractivity contribution >= 4 is 35.9 Å². The zero-order valence-electron chi connectivity index (χ0n) is 30.4. The van der Waals surface area contributed by atoms with Gasteiger partial charge in [0.2, 0.25) is 0 Å². The number of hydrogen-bond acceptors (Lipinski definition) is 0. The molecular formula is C51H40Cl2Zr-2. The first kappa shape index (κ1) is 40.4. The van der Waals surface area contributed by atoms with Crippen LogP contribution in [-0.4, -0.2) is 3.21 Å². The Morgan fingerprint density at radius 2 is 0.907 bits per heavy atom. The van der Waals surface area contributed by atoms with E-state index in [2.05, 4.69) is 220 Å². The molecule has 8 aromatic rings. The van der Waals surface area contributed by atoms with E-state index in [-0.39, 0.29) is 30.7 Å². The van der Waals surface area contributed by atoms with Crippen LogP contribution < -0.4 is 24.8 Å².